The molecule has 1 aliphatic heterocycles. The molecular weight excluding hydrogens is 378 g/mol. The highest BCUT2D eigenvalue weighted by atomic mass is 35.5. The Morgan fingerprint density at radius 2 is 1.85 bits per heavy atom. The van der Waals surface area contributed by atoms with Crippen molar-refractivity contribution < 1.29 is 22.6 Å². The molecule has 2 aromatic carbocycles. The Bertz CT molecular complexity index is 900. The number of hydrogen-bond acceptors (Lipinski definition) is 5. The van der Waals surface area contributed by atoms with Gasteiger partial charge in [0.25, 0.3) is 0 Å². The molecule has 8 heteroatoms. The molecule has 0 unspecified atom stereocenters. The number of fused-ring (bicyclic) bond motifs is 1. The maximum Gasteiger partial charge on any atom is 0.243 e. The molecule has 1 aliphatic rings. The van der Waals surface area contributed by atoms with Crippen LogP contribution in [0.15, 0.2) is 41.3 Å². The Hall–Kier alpha value is -1.96. The number of methoxy groups -OCH3 is 1. The molecule has 0 fully saturated rings. The summed E-state index contributed by atoms with van der Waals surface area (Å²) < 4.78 is 43.6. The predicted octanol–water partition coefficient (Wildman–Crippen LogP) is 3.33. The Kier molecular flexibility index (Phi) is 5.60. The Morgan fingerprint density at radius 1 is 1.12 bits per heavy atom. The van der Waals surface area contributed by atoms with Gasteiger partial charge >= 0.3 is 0 Å². The average Bonchev–Trinajstić information content (AvgIpc) is 2.86. The molecule has 0 amide bonds. The van der Waals surface area contributed by atoms with Crippen molar-refractivity contribution in [3.05, 3.63) is 47.0 Å². The fraction of sp³-hybridized carbons (Fsp3) is 0.333. The molecule has 2 aromatic rings. The number of ether oxygens (including phenoxy) is 3. The van der Waals surface area contributed by atoms with E-state index in [0.29, 0.717) is 41.0 Å². The van der Waals surface area contributed by atoms with Crippen LogP contribution in [0.1, 0.15) is 12.0 Å². The SMILES string of the molecule is COc1ccc(Cl)cc1CN(C)S(=O)(=O)c1ccc2c(c1)OCCCO2. The normalized spacial score (nSPS) is 14.2. The summed E-state index contributed by atoms with van der Waals surface area (Å²) >= 11 is 6.03. The number of rotatable bonds is 5. The lowest BCUT2D eigenvalue weighted by molar-refractivity contribution is 0.297. The van der Waals surface area contributed by atoms with Crippen LogP contribution in [-0.2, 0) is 16.6 Å². The molecule has 0 aromatic heterocycles. The summed E-state index contributed by atoms with van der Waals surface area (Å²) in [6.45, 7) is 1.17. The largest absolute Gasteiger partial charge is 0.496 e. The molecule has 140 valence electrons. The van der Waals surface area contributed by atoms with Gasteiger partial charge in [0.2, 0.25) is 10.0 Å². The highest BCUT2D eigenvalue weighted by molar-refractivity contribution is 7.89. The number of halogens is 1. The zero-order valence-corrected chi connectivity index (χ0v) is 16.1. The number of sulfonamides is 1. The third kappa shape index (κ3) is 3.90. The first kappa shape index (κ1) is 18.8. The van der Waals surface area contributed by atoms with Gasteiger partial charge in [-0.1, -0.05) is 11.6 Å². The van der Waals surface area contributed by atoms with E-state index in [-0.39, 0.29) is 11.4 Å². The van der Waals surface area contributed by atoms with E-state index in [4.69, 9.17) is 25.8 Å². The van der Waals surface area contributed by atoms with Crippen LogP contribution in [0.3, 0.4) is 0 Å². The maximum absolute atomic E-state index is 12.9. The second-order valence-electron chi connectivity index (χ2n) is 5.88. The highest BCUT2D eigenvalue weighted by Crippen LogP contribution is 2.33. The third-order valence-electron chi connectivity index (χ3n) is 4.06. The maximum atomic E-state index is 12.9. The van der Waals surface area contributed by atoms with Gasteiger partial charge in [-0.05, 0) is 30.3 Å². The van der Waals surface area contributed by atoms with Crippen molar-refractivity contribution in [3.8, 4) is 17.2 Å². The van der Waals surface area contributed by atoms with E-state index in [1.165, 1.54) is 30.6 Å². The van der Waals surface area contributed by atoms with E-state index < -0.39 is 10.0 Å². The molecule has 6 nitrogen and oxygen atoms in total. The van der Waals surface area contributed by atoms with Gasteiger partial charge in [0.1, 0.15) is 5.75 Å². The summed E-state index contributed by atoms with van der Waals surface area (Å²) in [7, 11) is -0.676. The van der Waals surface area contributed by atoms with Crippen molar-refractivity contribution in [2.45, 2.75) is 17.9 Å². The van der Waals surface area contributed by atoms with Crippen LogP contribution in [-0.4, -0.2) is 40.1 Å². The van der Waals surface area contributed by atoms with Gasteiger partial charge in [-0.2, -0.15) is 4.31 Å². The van der Waals surface area contributed by atoms with E-state index in [0.717, 1.165) is 6.42 Å². The van der Waals surface area contributed by atoms with Gasteiger partial charge in [0.15, 0.2) is 11.5 Å². The van der Waals surface area contributed by atoms with Gasteiger partial charge in [-0.25, -0.2) is 8.42 Å². The van der Waals surface area contributed by atoms with Crippen molar-refractivity contribution in [1.82, 2.24) is 4.31 Å². The molecule has 26 heavy (non-hydrogen) atoms. The van der Waals surface area contributed by atoms with Crippen LogP contribution in [0.2, 0.25) is 5.02 Å². The average molecular weight is 398 g/mol. The summed E-state index contributed by atoms with van der Waals surface area (Å²) in [6, 6.07) is 9.76. The quantitative estimate of drug-likeness (QED) is 0.774. The first-order valence-corrected chi connectivity index (χ1v) is 9.92. The van der Waals surface area contributed by atoms with E-state index >= 15 is 0 Å². The fourth-order valence-corrected chi connectivity index (χ4v) is 4.04. The predicted molar refractivity (Wildman–Crippen MR) is 98.7 cm³/mol. The summed E-state index contributed by atoms with van der Waals surface area (Å²) in [5.74, 6) is 1.58. The monoisotopic (exact) mass is 397 g/mol. The minimum Gasteiger partial charge on any atom is -0.496 e. The fourth-order valence-electron chi connectivity index (χ4n) is 2.68. The topological polar surface area (TPSA) is 65.1 Å². The summed E-state index contributed by atoms with van der Waals surface area (Å²) in [6.07, 6.45) is 0.755. The molecule has 0 N–H and O–H groups in total. The lowest BCUT2D eigenvalue weighted by Crippen LogP contribution is -2.26. The Balaban J connectivity index is 1.88. The number of benzene rings is 2. The lowest BCUT2D eigenvalue weighted by atomic mass is 10.2. The van der Waals surface area contributed by atoms with Crippen molar-refractivity contribution in [2.24, 2.45) is 0 Å². The highest BCUT2D eigenvalue weighted by Gasteiger charge is 2.24. The molecular formula is C18H20ClNO5S. The van der Waals surface area contributed by atoms with Crippen molar-refractivity contribution >= 4 is 21.6 Å². The summed E-state index contributed by atoms with van der Waals surface area (Å²) in [5.41, 5.74) is 0.681. The molecule has 0 spiro atoms. The van der Waals surface area contributed by atoms with Gasteiger partial charge in [-0.15, -0.1) is 0 Å². The van der Waals surface area contributed by atoms with Crippen LogP contribution in [0.25, 0.3) is 0 Å². The van der Waals surface area contributed by atoms with Crippen LogP contribution in [0.4, 0.5) is 0 Å². The molecule has 0 radical (unpaired) electrons. The summed E-state index contributed by atoms with van der Waals surface area (Å²) in [5, 5.41) is 0.516. The first-order chi connectivity index (χ1) is 12.4. The smallest absolute Gasteiger partial charge is 0.243 e. The Labute approximate surface area is 158 Å². The molecule has 3 rings (SSSR count). The van der Waals surface area contributed by atoms with Crippen molar-refractivity contribution in [3.63, 3.8) is 0 Å². The second kappa shape index (κ2) is 7.73. The van der Waals surface area contributed by atoms with Crippen molar-refractivity contribution in [2.75, 3.05) is 27.4 Å². The van der Waals surface area contributed by atoms with Gasteiger partial charge in [-0.3, -0.25) is 0 Å². The van der Waals surface area contributed by atoms with Crippen molar-refractivity contribution in [1.29, 1.82) is 0 Å². The number of nitrogens with zero attached hydrogens (tertiary/aromatic N) is 1. The summed E-state index contributed by atoms with van der Waals surface area (Å²) in [4.78, 5) is 0.144. The minimum atomic E-state index is -3.72. The molecule has 0 bridgehead atoms. The standard InChI is InChI=1S/C18H20ClNO5S/c1-20(12-13-10-14(19)4-6-16(13)23-2)26(21,22)15-5-7-17-18(11-15)25-9-3-8-24-17/h4-7,10-11H,3,8-9,12H2,1-2H3. The minimum absolute atomic E-state index is 0.126. The number of hydrogen-bond donors (Lipinski definition) is 0. The first-order valence-electron chi connectivity index (χ1n) is 8.10. The van der Waals surface area contributed by atoms with Crippen LogP contribution >= 0.6 is 11.6 Å². The van der Waals surface area contributed by atoms with E-state index in [1.54, 1.807) is 24.3 Å². The zero-order valence-electron chi connectivity index (χ0n) is 14.6. The van der Waals surface area contributed by atoms with Crippen LogP contribution in [0, 0.1) is 0 Å². The Morgan fingerprint density at radius 3 is 2.58 bits per heavy atom. The lowest BCUT2D eigenvalue weighted by Gasteiger charge is -2.19. The molecule has 0 saturated carbocycles. The van der Waals surface area contributed by atoms with Crippen LogP contribution in [0.5, 0.6) is 17.2 Å². The third-order valence-corrected chi connectivity index (χ3v) is 6.10. The van der Waals surface area contributed by atoms with Gasteiger partial charge in [0, 0.05) is 36.7 Å². The van der Waals surface area contributed by atoms with E-state index in [9.17, 15) is 8.42 Å². The second-order valence-corrected chi connectivity index (χ2v) is 8.36. The molecule has 0 saturated heterocycles. The van der Waals surface area contributed by atoms with Crippen LogP contribution < -0.4 is 14.2 Å². The molecule has 1 heterocycles. The zero-order chi connectivity index (χ0) is 18.7. The van der Waals surface area contributed by atoms with Gasteiger partial charge in [0.05, 0.1) is 25.2 Å². The van der Waals surface area contributed by atoms with E-state index in [2.05, 4.69) is 0 Å². The van der Waals surface area contributed by atoms with Gasteiger partial charge < -0.3 is 14.2 Å². The van der Waals surface area contributed by atoms with E-state index in [1.807, 2.05) is 0 Å². The molecule has 0 aliphatic carbocycles. The molecule has 0 atom stereocenters.